The fourth-order valence-electron chi connectivity index (χ4n) is 4.38. The molecule has 0 fully saturated rings. The van der Waals surface area contributed by atoms with Gasteiger partial charge >= 0.3 is 6.18 Å². The Morgan fingerprint density at radius 3 is 2.39 bits per heavy atom. The molecule has 0 aliphatic rings. The van der Waals surface area contributed by atoms with E-state index in [1.54, 1.807) is 24.3 Å². The van der Waals surface area contributed by atoms with Crippen molar-refractivity contribution >= 4 is 49.6 Å². The molecule has 0 atom stereocenters. The topological polar surface area (TPSA) is 105 Å². The number of rotatable bonds is 10. The van der Waals surface area contributed by atoms with E-state index in [0.717, 1.165) is 15.9 Å². The summed E-state index contributed by atoms with van der Waals surface area (Å²) in [5.74, 6) is 5.22. The van der Waals surface area contributed by atoms with E-state index in [0.29, 0.717) is 22.3 Å². The van der Waals surface area contributed by atoms with Crippen molar-refractivity contribution < 1.29 is 31.1 Å². The van der Waals surface area contributed by atoms with Crippen LogP contribution in [-0.4, -0.2) is 52.8 Å². The molecule has 1 aromatic heterocycles. The van der Waals surface area contributed by atoms with Crippen LogP contribution in [0.15, 0.2) is 71.6 Å². The van der Waals surface area contributed by atoms with E-state index in [1.165, 1.54) is 32.2 Å². The molecule has 0 bridgehead atoms. The summed E-state index contributed by atoms with van der Waals surface area (Å²) in [6.07, 6.45) is -4.47. The van der Waals surface area contributed by atoms with Gasteiger partial charge in [-0.05, 0) is 60.5 Å². The average Bonchev–Trinajstić information content (AvgIpc) is 3.31. The average molecular weight is 628 g/mol. The fraction of sp³-hybridized carbons (Fsp3) is 0.258. The van der Waals surface area contributed by atoms with Crippen LogP contribution in [0.5, 0.6) is 5.75 Å². The van der Waals surface area contributed by atoms with Crippen molar-refractivity contribution in [3.63, 3.8) is 0 Å². The predicted molar refractivity (Wildman–Crippen MR) is 166 cm³/mol. The Kier molecular flexibility index (Phi) is 9.64. The van der Waals surface area contributed by atoms with Crippen molar-refractivity contribution in [2.24, 2.45) is 0 Å². The molecule has 0 radical (unpaired) electrons. The van der Waals surface area contributed by atoms with Crippen molar-refractivity contribution in [3.05, 3.63) is 72.4 Å². The molecule has 0 aliphatic carbocycles. The summed E-state index contributed by atoms with van der Waals surface area (Å²) in [6, 6.07) is 18.4. The molecule has 3 aromatic carbocycles. The molecule has 0 aliphatic heterocycles. The molecular formula is C31H32F3N5O4S. The number of sulfonamides is 1. The van der Waals surface area contributed by atoms with Crippen molar-refractivity contribution in [2.75, 3.05) is 43.3 Å². The molecule has 1 heterocycles. The molecule has 232 valence electrons. The van der Waals surface area contributed by atoms with Crippen LogP contribution < -0.4 is 25.0 Å². The van der Waals surface area contributed by atoms with Gasteiger partial charge < -0.3 is 24.8 Å². The number of ether oxygens (including phenoxy) is 1. The van der Waals surface area contributed by atoms with Gasteiger partial charge in [-0.1, -0.05) is 18.9 Å². The van der Waals surface area contributed by atoms with Gasteiger partial charge in [0.2, 0.25) is 5.91 Å². The summed E-state index contributed by atoms with van der Waals surface area (Å²) in [4.78, 5) is 13.4. The second kappa shape index (κ2) is 13.2. The number of amides is 1. The van der Waals surface area contributed by atoms with Gasteiger partial charge in [-0.15, -0.1) is 0 Å². The van der Waals surface area contributed by atoms with Crippen LogP contribution in [0.1, 0.15) is 19.0 Å². The maximum absolute atomic E-state index is 13.6. The van der Waals surface area contributed by atoms with Crippen molar-refractivity contribution in [1.29, 1.82) is 0 Å². The number of nitrogens with one attached hydrogen (secondary N) is 3. The van der Waals surface area contributed by atoms with Crippen LogP contribution in [0.3, 0.4) is 0 Å². The molecule has 0 unspecified atom stereocenters. The molecule has 0 saturated heterocycles. The van der Waals surface area contributed by atoms with Gasteiger partial charge in [0.15, 0.2) is 0 Å². The number of nitrogens with zero attached hydrogens (tertiary/aromatic N) is 2. The zero-order chi connectivity index (χ0) is 32.1. The molecule has 0 saturated carbocycles. The lowest BCUT2D eigenvalue weighted by Crippen LogP contribution is -2.29. The lowest BCUT2D eigenvalue weighted by molar-refractivity contribution is -0.140. The fourth-order valence-corrected chi connectivity index (χ4v) is 5.46. The van der Waals surface area contributed by atoms with Gasteiger partial charge in [0.05, 0.1) is 35.4 Å². The van der Waals surface area contributed by atoms with Gasteiger partial charge in [-0.25, -0.2) is 13.1 Å². The zero-order valence-corrected chi connectivity index (χ0v) is 25.4. The number of halogens is 3. The largest absolute Gasteiger partial charge is 0.495 e. The predicted octanol–water partition coefficient (Wildman–Crippen LogP) is 5.70. The number of aromatic nitrogens is 1. The third-order valence-electron chi connectivity index (χ3n) is 6.58. The van der Waals surface area contributed by atoms with Gasteiger partial charge in [0.1, 0.15) is 12.3 Å². The van der Waals surface area contributed by atoms with Gasteiger partial charge in [-0.2, -0.15) is 13.2 Å². The van der Waals surface area contributed by atoms with E-state index in [9.17, 15) is 26.4 Å². The maximum atomic E-state index is 13.6. The highest BCUT2D eigenvalue weighted by Crippen LogP contribution is 2.32. The molecule has 13 heteroatoms. The summed E-state index contributed by atoms with van der Waals surface area (Å²) < 4.78 is 74.1. The molecule has 4 aromatic rings. The van der Waals surface area contributed by atoms with Crippen LogP contribution in [0, 0.1) is 11.8 Å². The molecule has 4 rings (SSSR count). The first-order valence-corrected chi connectivity index (χ1v) is 15.0. The first kappa shape index (κ1) is 32.1. The molecule has 9 nitrogen and oxygen atoms in total. The minimum Gasteiger partial charge on any atom is -0.495 e. The number of hydrogen-bond donors (Lipinski definition) is 3. The van der Waals surface area contributed by atoms with E-state index in [2.05, 4.69) is 22.5 Å². The summed E-state index contributed by atoms with van der Waals surface area (Å²) in [7, 11) is 1.13. The van der Waals surface area contributed by atoms with Crippen LogP contribution in [0.4, 0.5) is 35.9 Å². The highest BCUT2D eigenvalue weighted by Gasteiger charge is 2.30. The minimum absolute atomic E-state index is 0.000740. The monoisotopic (exact) mass is 627 g/mol. The van der Waals surface area contributed by atoms with E-state index in [1.807, 2.05) is 48.0 Å². The summed E-state index contributed by atoms with van der Waals surface area (Å²) in [5.41, 5.74) is 3.39. The number of methoxy groups -OCH3 is 1. The Balaban J connectivity index is 1.59. The van der Waals surface area contributed by atoms with Gasteiger partial charge in [-0.3, -0.25) is 4.79 Å². The Labute approximate surface area is 254 Å². The standard InChI is InChI=1S/C31H32F3N5O4S/c1-5-30(40)37-44(41,42)24-15-16-27(29(19-24)43-4)35-17-7-8-23-18-25-26(36-21-11-13-22(14-12-21)38(2)3)9-6-10-28(25)39(23)20-31(32,33)34/h6,9-16,18-19,35-36H,5,17,20H2,1-4H3,(H,37,40). The molecule has 3 N–H and O–H groups in total. The Morgan fingerprint density at radius 2 is 1.75 bits per heavy atom. The van der Waals surface area contributed by atoms with Crippen LogP contribution in [-0.2, 0) is 21.4 Å². The normalized spacial score (nSPS) is 11.4. The van der Waals surface area contributed by atoms with Crippen LogP contribution in [0.2, 0.25) is 0 Å². The highest BCUT2D eigenvalue weighted by molar-refractivity contribution is 7.90. The second-order valence-electron chi connectivity index (χ2n) is 9.94. The van der Waals surface area contributed by atoms with Crippen LogP contribution in [0.25, 0.3) is 10.9 Å². The van der Waals surface area contributed by atoms with Crippen molar-refractivity contribution in [2.45, 2.75) is 31.0 Å². The van der Waals surface area contributed by atoms with Gasteiger partial charge in [0, 0.05) is 49.0 Å². The smallest absolute Gasteiger partial charge is 0.406 e. The number of hydrogen-bond acceptors (Lipinski definition) is 7. The second-order valence-corrected chi connectivity index (χ2v) is 11.6. The number of carbonyl (C=O) groups excluding carboxylic acids is 1. The lowest BCUT2D eigenvalue weighted by atomic mass is 10.2. The number of fused-ring (bicyclic) bond motifs is 1. The lowest BCUT2D eigenvalue weighted by Gasteiger charge is -2.14. The minimum atomic E-state index is -4.47. The Hall–Kier alpha value is -4.83. The van der Waals surface area contributed by atoms with E-state index >= 15 is 0 Å². The molecule has 44 heavy (non-hydrogen) atoms. The summed E-state index contributed by atoms with van der Waals surface area (Å²) in [5, 5.41) is 6.87. The number of benzene rings is 3. The quantitative estimate of drug-likeness (QED) is 0.194. The molecule has 0 spiro atoms. The number of anilines is 4. The Bertz CT molecular complexity index is 1820. The number of carbonyl (C=O) groups is 1. The Morgan fingerprint density at radius 1 is 1.02 bits per heavy atom. The first-order valence-electron chi connectivity index (χ1n) is 13.5. The van der Waals surface area contributed by atoms with E-state index in [4.69, 9.17) is 4.74 Å². The SMILES string of the molecule is CCC(=O)NS(=O)(=O)c1ccc(NCC#Cc2cc3c(Nc4ccc(N(C)C)cc4)cccc3n2CC(F)(F)F)c(OC)c1. The molecular weight excluding hydrogens is 595 g/mol. The zero-order valence-electron chi connectivity index (χ0n) is 24.5. The third-order valence-corrected chi connectivity index (χ3v) is 7.95. The first-order chi connectivity index (χ1) is 20.8. The third kappa shape index (κ3) is 7.76. The van der Waals surface area contributed by atoms with E-state index in [-0.39, 0.29) is 29.3 Å². The van der Waals surface area contributed by atoms with Crippen molar-refractivity contribution in [1.82, 2.24) is 9.29 Å². The van der Waals surface area contributed by atoms with Crippen LogP contribution >= 0.6 is 0 Å². The van der Waals surface area contributed by atoms with E-state index < -0.39 is 28.7 Å². The van der Waals surface area contributed by atoms with Gasteiger partial charge in [0.25, 0.3) is 10.0 Å². The molecule has 1 amide bonds. The highest BCUT2D eigenvalue weighted by atomic mass is 32.2. The summed E-state index contributed by atoms with van der Waals surface area (Å²) in [6.45, 7) is 0.336. The summed E-state index contributed by atoms with van der Waals surface area (Å²) >= 11 is 0. The maximum Gasteiger partial charge on any atom is 0.406 e. The van der Waals surface area contributed by atoms with Crippen molar-refractivity contribution in [3.8, 4) is 17.6 Å². The number of alkyl halides is 3.